The fourth-order valence-corrected chi connectivity index (χ4v) is 3.44. The maximum Gasteiger partial charge on any atom is 0.222 e. The van der Waals surface area contributed by atoms with Crippen LogP contribution in [0.2, 0.25) is 0 Å². The Balaban J connectivity index is 1.45. The highest BCUT2D eigenvalue weighted by Crippen LogP contribution is 2.18. The van der Waals surface area contributed by atoms with E-state index in [2.05, 4.69) is 46.3 Å². The lowest BCUT2D eigenvalue weighted by atomic mass is 10.0. The standard InChI is InChI=1S/C19H27N5O/c1-22(13-17-7-3-2-4-8-17)18-9-5-11-23(14-18)19(25)10-6-12-24-16-20-15-21-24/h2-4,7-8,15-16,18H,5-6,9-14H2,1H3/t18-/m0/s1. The molecule has 2 heterocycles. The molecule has 6 heteroatoms. The smallest absolute Gasteiger partial charge is 0.222 e. The number of likely N-dealkylation sites (tertiary alicyclic amines) is 1. The number of likely N-dealkylation sites (N-methyl/N-ethyl adjacent to an activating group) is 1. The molecule has 1 amide bonds. The Bertz CT molecular complexity index is 643. The van der Waals surface area contributed by atoms with E-state index in [1.807, 2.05) is 11.0 Å². The summed E-state index contributed by atoms with van der Waals surface area (Å²) in [6, 6.07) is 11.0. The quantitative estimate of drug-likeness (QED) is 0.775. The fraction of sp³-hybridized carbons (Fsp3) is 0.526. The van der Waals surface area contributed by atoms with Gasteiger partial charge < -0.3 is 4.90 Å². The molecule has 1 aliphatic heterocycles. The lowest BCUT2D eigenvalue weighted by Crippen LogP contribution is -2.48. The molecule has 1 aromatic carbocycles. The summed E-state index contributed by atoms with van der Waals surface area (Å²) in [6.45, 7) is 3.40. The molecule has 1 fully saturated rings. The number of aromatic nitrogens is 3. The Hall–Kier alpha value is -2.21. The van der Waals surface area contributed by atoms with Crippen molar-refractivity contribution in [3.63, 3.8) is 0 Å². The van der Waals surface area contributed by atoms with Crippen molar-refractivity contribution in [1.82, 2.24) is 24.6 Å². The number of carbonyl (C=O) groups is 1. The first-order valence-corrected chi connectivity index (χ1v) is 9.07. The molecule has 0 unspecified atom stereocenters. The highest BCUT2D eigenvalue weighted by molar-refractivity contribution is 5.76. The molecule has 0 radical (unpaired) electrons. The van der Waals surface area contributed by atoms with Crippen molar-refractivity contribution in [3.8, 4) is 0 Å². The number of hydrogen-bond acceptors (Lipinski definition) is 4. The number of carbonyl (C=O) groups excluding carboxylic acids is 1. The Kier molecular flexibility index (Phi) is 6.17. The lowest BCUT2D eigenvalue weighted by molar-refractivity contribution is -0.133. The third-order valence-electron chi connectivity index (χ3n) is 4.89. The van der Waals surface area contributed by atoms with Gasteiger partial charge in [-0.3, -0.25) is 14.4 Å². The van der Waals surface area contributed by atoms with Crippen LogP contribution in [0, 0.1) is 0 Å². The first-order chi connectivity index (χ1) is 12.2. The van der Waals surface area contributed by atoms with Crippen molar-refractivity contribution >= 4 is 5.91 Å². The summed E-state index contributed by atoms with van der Waals surface area (Å²) in [5, 5.41) is 4.07. The molecule has 1 aliphatic rings. The van der Waals surface area contributed by atoms with Gasteiger partial charge in [-0.25, -0.2) is 4.98 Å². The summed E-state index contributed by atoms with van der Waals surface area (Å²) in [5.74, 6) is 0.262. The van der Waals surface area contributed by atoms with E-state index in [9.17, 15) is 4.79 Å². The van der Waals surface area contributed by atoms with Crippen molar-refractivity contribution in [2.75, 3.05) is 20.1 Å². The number of amides is 1. The molecule has 134 valence electrons. The van der Waals surface area contributed by atoms with Crippen LogP contribution in [0.25, 0.3) is 0 Å². The van der Waals surface area contributed by atoms with Gasteiger partial charge in [-0.2, -0.15) is 5.10 Å². The maximum atomic E-state index is 12.5. The van der Waals surface area contributed by atoms with Gasteiger partial charge in [-0.15, -0.1) is 0 Å². The topological polar surface area (TPSA) is 54.3 Å². The van der Waals surface area contributed by atoms with Gasteiger partial charge >= 0.3 is 0 Å². The molecule has 1 atom stereocenters. The largest absolute Gasteiger partial charge is 0.341 e. The van der Waals surface area contributed by atoms with Gasteiger partial charge in [0, 0.05) is 38.6 Å². The van der Waals surface area contributed by atoms with Gasteiger partial charge in [-0.1, -0.05) is 30.3 Å². The Morgan fingerprint density at radius 2 is 2.16 bits per heavy atom. The van der Waals surface area contributed by atoms with E-state index in [4.69, 9.17) is 0 Å². The second-order valence-corrected chi connectivity index (χ2v) is 6.80. The molecule has 3 rings (SSSR count). The van der Waals surface area contributed by atoms with E-state index in [0.29, 0.717) is 12.5 Å². The first-order valence-electron chi connectivity index (χ1n) is 9.07. The zero-order chi connectivity index (χ0) is 17.5. The summed E-state index contributed by atoms with van der Waals surface area (Å²) in [4.78, 5) is 20.9. The van der Waals surface area contributed by atoms with E-state index in [0.717, 1.165) is 45.4 Å². The number of aryl methyl sites for hydroxylation is 1. The Labute approximate surface area is 149 Å². The van der Waals surface area contributed by atoms with Gasteiger partial charge in [-0.05, 0) is 31.9 Å². The summed E-state index contributed by atoms with van der Waals surface area (Å²) < 4.78 is 1.78. The van der Waals surface area contributed by atoms with Gasteiger partial charge in [0.25, 0.3) is 0 Å². The van der Waals surface area contributed by atoms with E-state index >= 15 is 0 Å². The molecular formula is C19H27N5O. The average Bonchev–Trinajstić information content (AvgIpc) is 3.16. The first kappa shape index (κ1) is 17.6. The van der Waals surface area contributed by atoms with Gasteiger partial charge in [0.15, 0.2) is 0 Å². The van der Waals surface area contributed by atoms with Crippen LogP contribution in [0.3, 0.4) is 0 Å². The van der Waals surface area contributed by atoms with Gasteiger partial charge in [0.1, 0.15) is 12.7 Å². The molecule has 0 N–H and O–H groups in total. The Morgan fingerprint density at radius 3 is 2.92 bits per heavy atom. The van der Waals surface area contributed by atoms with Crippen LogP contribution in [-0.4, -0.2) is 56.7 Å². The SMILES string of the molecule is CN(Cc1ccccc1)[C@H]1CCCN(C(=O)CCCn2cncn2)C1. The van der Waals surface area contributed by atoms with Gasteiger partial charge in [0.2, 0.25) is 5.91 Å². The summed E-state index contributed by atoms with van der Waals surface area (Å²) in [6.07, 6.45) is 6.85. The Morgan fingerprint density at radius 1 is 1.32 bits per heavy atom. The normalized spacial score (nSPS) is 17.8. The fourth-order valence-electron chi connectivity index (χ4n) is 3.44. The lowest BCUT2D eigenvalue weighted by Gasteiger charge is -2.37. The number of hydrogen-bond donors (Lipinski definition) is 0. The minimum absolute atomic E-state index is 0.262. The van der Waals surface area contributed by atoms with Crippen molar-refractivity contribution in [2.45, 2.75) is 44.8 Å². The minimum atomic E-state index is 0.262. The molecule has 2 aromatic rings. The molecular weight excluding hydrogens is 314 g/mol. The third-order valence-corrected chi connectivity index (χ3v) is 4.89. The molecule has 1 aromatic heterocycles. The second kappa shape index (κ2) is 8.76. The molecule has 0 saturated carbocycles. The van der Waals surface area contributed by atoms with Gasteiger partial charge in [0.05, 0.1) is 0 Å². The van der Waals surface area contributed by atoms with Crippen molar-refractivity contribution < 1.29 is 4.79 Å². The minimum Gasteiger partial charge on any atom is -0.341 e. The summed E-state index contributed by atoms with van der Waals surface area (Å²) in [7, 11) is 2.16. The summed E-state index contributed by atoms with van der Waals surface area (Å²) >= 11 is 0. The van der Waals surface area contributed by atoms with Crippen LogP contribution in [0.15, 0.2) is 43.0 Å². The number of nitrogens with zero attached hydrogens (tertiary/aromatic N) is 5. The zero-order valence-electron chi connectivity index (χ0n) is 14.9. The van der Waals surface area contributed by atoms with Crippen molar-refractivity contribution in [3.05, 3.63) is 48.5 Å². The molecule has 6 nitrogen and oxygen atoms in total. The molecule has 0 bridgehead atoms. The van der Waals surface area contributed by atoms with E-state index in [1.54, 1.807) is 11.0 Å². The average molecular weight is 341 g/mol. The highest BCUT2D eigenvalue weighted by Gasteiger charge is 2.25. The number of rotatable bonds is 7. The highest BCUT2D eigenvalue weighted by atomic mass is 16.2. The number of benzene rings is 1. The zero-order valence-corrected chi connectivity index (χ0v) is 14.9. The van der Waals surface area contributed by atoms with E-state index in [1.165, 1.54) is 11.9 Å². The molecule has 25 heavy (non-hydrogen) atoms. The van der Waals surface area contributed by atoms with Crippen LogP contribution in [0.5, 0.6) is 0 Å². The third kappa shape index (κ3) is 5.13. The van der Waals surface area contributed by atoms with Crippen LogP contribution in [0.1, 0.15) is 31.2 Å². The second-order valence-electron chi connectivity index (χ2n) is 6.80. The van der Waals surface area contributed by atoms with Crippen LogP contribution >= 0.6 is 0 Å². The van der Waals surface area contributed by atoms with Crippen LogP contribution < -0.4 is 0 Å². The molecule has 0 aliphatic carbocycles. The van der Waals surface area contributed by atoms with Crippen molar-refractivity contribution in [1.29, 1.82) is 0 Å². The molecule has 0 spiro atoms. The van der Waals surface area contributed by atoms with E-state index in [-0.39, 0.29) is 5.91 Å². The van der Waals surface area contributed by atoms with Crippen molar-refractivity contribution in [2.24, 2.45) is 0 Å². The monoisotopic (exact) mass is 341 g/mol. The maximum absolute atomic E-state index is 12.5. The summed E-state index contributed by atoms with van der Waals surface area (Å²) in [5.41, 5.74) is 1.32. The van der Waals surface area contributed by atoms with Crippen LogP contribution in [-0.2, 0) is 17.9 Å². The predicted octanol–water partition coefficient (Wildman–Crippen LogP) is 2.18. The molecule has 1 saturated heterocycles. The predicted molar refractivity (Wildman–Crippen MR) is 96.8 cm³/mol. The number of piperidine rings is 1. The van der Waals surface area contributed by atoms with E-state index < -0.39 is 0 Å². The van der Waals surface area contributed by atoms with Crippen LogP contribution in [0.4, 0.5) is 0 Å².